The van der Waals surface area contributed by atoms with Gasteiger partial charge in [0.05, 0.1) is 18.1 Å². The van der Waals surface area contributed by atoms with Crippen LogP contribution in [-0.2, 0) is 41.5 Å². The van der Waals surface area contributed by atoms with Crippen molar-refractivity contribution in [2.75, 3.05) is 19.8 Å². The summed E-state index contributed by atoms with van der Waals surface area (Å²) in [6, 6.07) is 11.5. The van der Waals surface area contributed by atoms with Crippen molar-refractivity contribution in [3.8, 4) is 17.6 Å². The van der Waals surface area contributed by atoms with Crippen molar-refractivity contribution in [2.45, 2.75) is 84.4 Å². The van der Waals surface area contributed by atoms with Gasteiger partial charge in [-0.05, 0) is 57.4 Å². The van der Waals surface area contributed by atoms with E-state index in [9.17, 15) is 29.1 Å². The van der Waals surface area contributed by atoms with Gasteiger partial charge in [-0.25, -0.2) is 9.59 Å². The van der Waals surface area contributed by atoms with E-state index in [-0.39, 0.29) is 30.8 Å². The highest BCUT2D eigenvalue weighted by Gasteiger charge is 2.29. The van der Waals surface area contributed by atoms with Crippen LogP contribution >= 0.6 is 0 Å². The molecule has 0 heterocycles. The first-order chi connectivity index (χ1) is 22.3. The Morgan fingerprint density at radius 3 is 2.19 bits per heavy atom. The number of rotatable bonds is 16. The van der Waals surface area contributed by atoms with Crippen LogP contribution in [0.3, 0.4) is 0 Å². The Morgan fingerprint density at radius 1 is 0.872 bits per heavy atom. The SMILES string of the molecule is CCCCCNC(=O)C(Cc1ccc(OCC(=O)[O-])c(C#CC(=O)OCC)c1)NC(=O)C(Cc1ccccc1)NC(=O)OC(C)(C)C. The van der Waals surface area contributed by atoms with E-state index in [2.05, 4.69) is 27.8 Å². The van der Waals surface area contributed by atoms with Gasteiger partial charge in [0, 0.05) is 25.3 Å². The molecule has 47 heavy (non-hydrogen) atoms. The van der Waals surface area contributed by atoms with Crippen molar-refractivity contribution >= 4 is 29.8 Å². The number of benzene rings is 2. The number of alkyl carbamates (subject to hydrolysis) is 1. The second-order valence-electron chi connectivity index (χ2n) is 11.6. The summed E-state index contributed by atoms with van der Waals surface area (Å²) in [6.45, 7) is 8.55. The van der Waals surface area contributed by atoms with E-state index in [4.69, 9.17) is 14.2 Å². The third-order valence-corrected chi connectivity index (χ3v) is 6.41. The molecule has 0 saturated heterocycles. The monoisotopic (exact) mass is 650 g/mol. The number of carboxylic acid groups (broad SMARTS) is 1. The number of esters is 1. The number of amides is 3. The Hall–Kier alpha value is -5.05. The number of aliphatic carboxylic acids is 1. The maximum atomic E-state index is 13.7. The van der Waals surface area contributed by atoms with Crippen molar-refractivity contribution in [1.82, 2.24) is 16.0 Å². The van der Waals surface area contributed by atoms with Crippen LogP contribution in [0.1, 0.15) is 70.6 Å². The summed E-state index contributed by atoms with van der Waals surface area (Å²) in [4.78, 5) is 62.7. The standard InChI is InChI=1S/C35H45N3O9/c1-6-8-12-19-36-32(42)27(22-25-15-17-29(46-23-30(39)40)26(20-25)16-18-31(41)45-7-2)37-33(43)28(21-24-13-10-9-11-14-24)38-34(44)47-35(3,4)5/h9-11,13-15,17,20,27-28H,6-8,12,19,21-23H2,1-5H3,(H,36,42)(H,37,43)(H,38,44)(H,39,40)/p-1. The highest BCUT2D eigenvalue weighted by atomic mass is 16.6. The molecule has 2 rings (SSSR count). The summed E-state index contributed by atoms with van der Waals surface area (Å²) < 4.78 is 15.5. The molecule has 0 aliphatic heterocycles. The minimum atomic E-state index is -1.45. The van der Waals surface area contributed by atoms with Gasteiger partial charge in [-0.2, -0.15) is 0 Å². The third-order valence-electron chi connectivity index (χ3n) is 6.41. The maximum absolute atomic E-state index is 13.7. The van der Waals surface area contributed by atoms with E-state index in [1.165, 1.54) is 12.1 Å². The normalized spacial score (nSPS) is 11.9. The molecule has 2 atom stereocenters. The molecule has 2 aromatic rings. The maximum Gasteiger partial charge on any atom is 0.408 e. The lowest BCUT2D eigenvalue weighted by Gasteiger charge is -2.25. The second kappa shape index (κ2) is 19.5. The zero-order valence-corrected chi connectivity index (χ0v) is 27.6. The van der Waals surface area contributed by atoms with Gasteiger partial charge in [-0.15, -0.1) is 0 Å². The van der Waals surface area contributed by atoms with Gasteiger partial charge in [-0.1, -0.05) is 62.1 Å². The van der Waals surface area contributed by atoms with Gasteiger partial charge < -0.3 is 40.1 Å². The molecule has 0 saturated carbocycles. The van der Waals surface area contributed by atoms with Crippen LogP contribution < -0.4 is 25.8 Å². The zero-order chi connectivity index (χ0) is 34.8. The molecule has 0 radical (unpaired) electrons. The summed E-state index contributed by atoms with van der Waals surface area (Å²) in [5.74, 6) is 1.73. The van der Waals surface area contributed by atoms with Crippen LogP contribution in [-0.4, -0.2) is 67.3 Å². The van der Waals surface area contributed by atoms with Gasteiger partial charge in [0.25, 0.3) is 0 Å². The fourth-order valence-corrected chi connectivity index (χ4v) is 4.29. The van der Waals surface area contributed by atoms with Crippen LogP contribution in [0.25, 0.3) is 0 Å². The molecular weight excluding hydrogens is 606 g/mol. The lowest BCUT2D eigenvalue weighted by atomic mass is 10.0. The van der Waals surface area contributed by atoms with E-state index < -0.39 is 54.1 Å². The van der Waals surface area contributed by atoms with Crippen molar-refractivity contribution in [3.63, 3.8) is 0 Å². The van der Waals surface area contributed by atoms with Crippen LogP contribution in [0, 0.1) is 11.8 Å². The van der Waals surface area contributed by atoms with Crippen molar-refractivity contribution in [1.29, 1.82) is 0 Å². The highest BCUT2D eigenvalue weighted by molar-refractivity contribution is 5.92. The van der Waals surface area contributed by atoms with Crippen LogP contribution in [0.2, 0.25) is 0 Å². The van der Waals surface area contributed by atoms with E-state index in [0.717, 1.165) is 24.8 Å². The minimum Gasteiger partial charge on any atom is -0.546 e. The van der Waals surface area contributed by atoms with E-state index >= 15 is 0 Å². The smallest absolute Gasteiger partial charge is 0.408 e. The summed E-state index contributed by atoms with van der Waals surface area (Å²) in [6.07, 6.45) is 1.95. The predicted octanol–water partition coefficient (Wildman–Crippen LogP) is 2.20. The average Bonchev–Trinajstić information content (AvgIpc) is 3.00. The quantitative estimate of drug-likeness (QED) is 0.140. The van der Waals surface area contributed by atoms with E-state index in [0.29, 0.717) is 12.1 Å². The number of carbonyl (C=O) groups is 5. The minimum absolute atomic E-state index is 0.00923. The Bertz CT molecular complexity index is 1430. The summed E-state index contributed by atoms with van der Waals surface area (Å²) >= 11 is 0. The molecule has 2 unspecified atom stereocenters. The topological polar surface area (TPSA) is 172 Å². The molecule has 0 bridgehead atoms. The molecule has 0 aromatic heterocycles. The highest BCUT2D eigenvalue weighted by Crippen LogP contribution is 2.21. The molecule has 254 valence electrons. The van der Waals surface area contributed by atoms with Gasteiger partial charge in [-0.3, -0.25) is 9.59 Å². The van der Waals surface area contributed by atoms with Gasteiger partial charge in [0.15, 0.2) is 0 Å². The number of nitrogens with one attached hydrogen (secondary N) is 3. The number of unbranched alkanes of at least 4 members (excludes halogenated alkanes) is 2. The lowest BCUT2D eigenvalue weighted by molar-refractivity contribution is -0.307. The number of hydrogen-bond donors (Lipinski definition) is 3. The fourth-order valence-electron chi connectivity index (χ4n) is 4.29. The van der Waals surface area contributed by atoms with Crippen molar-refractivity contribution in [3.05, 3.63) is 65.2 Å². The second-order valence-corrected chi connectivity index (χ2v) is 11.6. The first-order valence-corrected chi connectivity index (χ1v) is 15.6. The lowest BCUT2D eigenvalue weighted by Crippen LogP contribution is -2.55. The Morgan fingerprint density at radius 2 is 1.55 bits per heavy atom. The molecule has 12 nitrogen and oxygen atoms in total. The Labute approximate surface area is 275 Å². The molecule has 3 amide bonds. The third kappa shape index (κ3) is 15.2. The number of ether oxygens (including phenoxy) is 3. The molecule has 2 aromatic carbocycles. The van der Waals surface area contributed by atoms with Crippen molar-refractivity contribution < 1.29 is 43.3 Å². The van der Waals surface area contributed by atoms with Crippen LogP contribution in [0.5, 0.6) is 5.75 Å². The molecule has 0 fully saturated rings. The molecule has 0 aliphatic rings. The van der Waals surface area contributed by atoms with Crippen molar-refractivity contribution in [2.24, 2.45) is 0 Å². The Kier molecular flexibility index (Phi) is 15.8. The first-order valence-electron chi connectivity index (χ1n) is 15.6. The number of carboxylic acids is 1. The van der Waals surface area contributed by atoms with E-state index in [1.54, 1.807) is 33.8 Å². The number of hydrogen-bond acceptors (Lipinski definition) is 9. The Balaban J connectivity index is 2.42. The average molecular weight is 651 g/mol. The van der Waals surface area contributed by atoms with Crippen LogP contribution in [0.15, 0.2) is 48.5 Å². The zero-order valence-electron chi connectivity index (χ0n) is 27.6. The summed E-state index contributed by atoms with van der Waals surface area (Å²) in [5, 5.41) is 19.3. The van der Waals surface area contributed by atoms with Gasteiger partial charge >= 0.3 is 12.1 Å². The molecule has 3 N–H and O–H groups in total. The number of carbonyl (C=O) groups excluding carboxylic acids is 5. The molecular formula is C35H44N3O9-. The molecule has 0 aliphatic carbocycles. The summed E-state index contributed by atoms with van der Waals surface area (Å²) in [5.41, 5.74) is 0.663. The molecule has 0 spiro atoms. The predicted molar refractivity (Wildman–Crippen MR) is 172 cm³/mol. The van der Waals surface area contributed by atoms with Gasteiger partial charge in [0.1, 0.15) is 30.0 Å². The fraction of sp³-hybridized carbons (Fsp3) is 0.457. The van der Waals surface area contributed by atoms with E-state index in [1.807, 2.05) is 37.3 Å². The largest absolute Gasteiger partial charge is 0.546 e. The van der Waals surface area contributed by atoms with Crippen LogP contribution in [0.4, 0.5) is 4.79 Å². The molecule has 12 heteroatoms. The summed E-state index contributed by atoms with van der Waals surface area (Å²) in [7, 11) is 0. The first kappa shape index (κ1) is 38.1. The van der Waals surface area contributed by atoms with Gasteiger partial charge in [0.2, 0.25) is 11.8 Å².